The molecule has 0 N–H and O–H groups in total. The summed E-state index contributed by atoms with van der Waals surface area (Å²) in [6.07, 6.45) is 1.86. The van der Waals surface area contributed by atoms with Crippen molar-refractivity contribution in [2.45, 2.75) is 20.8 Å². The molecule has 0 saturated heterocycles. The maximum atomic E-state index is 13.2. The van der Waals surface area contributed by atoms with Gasteiger partial charge in [0, 0.05) is 31.9 Å². The van der Waals surface area contributed by atoms with E-state index in [2.05, 4.69) is 36.0 Å². The number of benzene rings is 1. The molecule has 0 fully saturated rings. The Labute approximate surface area is 158 Å². The zero-order valence-electron chi connectivity index (χ0n) is 16.2. The van der Waals surface area contributed by atoms with E-state index >= 15 is 0 Å². The molecule has 0 aliphatic heterocycles. The fourth-order valence-electron chi connectivity index (χ4n) is 3.00. The molecule has 0 aliphatic carbocycles. The van der Waals surface area contributed by atoms with Crippen LogP contribution >= 0.6 is 11.3 Å². The standard InChI is InChI=1S/C19H25N5OS/c1-12-9-13(2)16-15(10-12)26-19(20-16)24(8-7-22(4)5)18(25)17-14(3)11-23(6)21-17/h9-11H,7-8H2,1-6H3. The average Bonchev–Trinajstić information content (AvgIpc) is 3.10. The smallest absolute Gasteiger partial charge is 0.280 e. The van der Waals surface area contributed by atoms with Gasteiger partial charge in [0.25, 0.3) is 5.91 Å². The molecule has 2 aromatic heterocycles. The van der Waals surface area contributed by atoms with Gasteiger partial charge in [-0.05, 0) is 52.1 Å². The molecule has 0 unspecified atom stereocenters. The van der Waals surface area contributed by atoms with Gasteiger partial charge in [0.05, 0.1) is 10.2 Å². The molecule has 0 saturated carbocycles. The first-order valence-electron chi connectivity index (χ1n) is 8.61. The lowest BCUT2D eigenvalue weighted by atomic mass is 10.1. The van der Waals surface area contributed by atoms with Gasteiger partial charge in [-0.25, -0.2) is 4.98 Å². The average molecular weight is 372 g/mol. The van der Waals surface area contributed by atoms with Crippen LogP contribution in [0.5, 0.6) is 0 Å². The first-order valence-corrected chi connectivity index (χ1v) is 9.42. The highest BCUT2D eigenvalue weighted by atomic mass is 32.1. The van der Waals surface area contributed by atoms with Crippen molar-refractivity contribution in [1.29, 1.82) is 0 Å². The molecule has 0 radical (unpaired) electrons. The van der Waals surface area contributed by atoms with Crippen LogP contribution in [0.2, 0.25) is 0 Å². The largest absolute Gasteiger partial charge is 0.308 e. The third-order valence-electron chi connectivity index (χ3n) is 4.28. The molecule has 3 aromatic rings. The summed E-state index contributed by atoms with van der Waals surface area (Å²) >= 11 is 1.56. The topological polar surface area (TPSA) is 54.3 Å². The summed E-state index contributed by atoms with van der Waals surface area (Å²) in [5.74, 6) is -0.0987. The Bertz CT molecular complexity index is 956. The maximum Gasteiger partial charge on any atom is 0.280 e. The molecule has 0 aliphatic rings. The molecule has 1 amide bonds. The minimum absolute atomic E-state index is 0.0987. The molecule has 138 valence electrons. The SMILES string of the molecule is Cc1cc(C)c2nc(N(CCN(C)C)C(=O)c3nn(C)cc3C)sc2c1. The van der Waals surface area contributed by atoms with Crippen molar-refractivity contribution in [2.75, 3.05) is 32.1 Å². The van der Waals surface area contributed by atoms with Crippen LogP contribution in [0, 0.1) is 20.8 Å². The monoisotopic (exact) mass is 371 g/mol. The number of hydrogen-bond donors (Lipinski definition) is 0. The van der Waals surface area contributed by atoms with Gasteiger partial charge in [0.2, 0.25) is 0 Å². The van der Waals surface area contributed by atoms with Crippen LogP contribution < -0.4 is 4.90 Å². The van der Waals surface area contributed by atoms with E-state index in [4.69, 9.17) is 4.98 Å². The zero-order valence-corrected chi connectivity index (χ0v) is 17.0. The Kier molecular flexibility index (Phi) is 5.11. The van der Waals surface area contributed by atoms with Gasteiger partial charge in [-0.2, -0.15) is 5.10 Å². The number of fused-ring (bicyclic) bond motifs is 1. The molecular formula is C19H25N5OS. The van der Waals surface area contributed by atoms with Crippen molar-refractivity contribution in [2.24, 2.45) is 7.05 Å². The first kappa shape index (κ1) is 18.5. The third kappa shape index (κ3) is 3.64. The van der Waals surface area contributed by atoms with Gasteiger partial charge in [0.15, 0.2) is 10.8 Å². The highest BCUT2D eigenvalue weighted by Crippen LogP contribution is 2.32. The number of nitrogens with zero attached hydrogens (tertiary/aromatic N) is 5. The zero-order chi connectivity index (χ0) is 19.0. The predicted octanol–water partition coefficient (Wildman–Crippen LogP) is 3.16. The van der Waals surface area contributed by atoms with Crippen LogP contribution in [0.15, 0.2) is 18.3 Å². The van der Waals surface area contributed by atoms with Gasteiger partial charge < -0.3 is 4.90 Å². The van der Waals surface area contributed by atoms with E-state index in [1.54, 1.807) is 20.9 Å². The summed E-state index contributed by atoms with van der Waals surface area (Å²) in [6.45, 7) is 7.38. The van der Waals surface area contributed by atoms with Crippen LogP contribution in [0.3, 0.4) is 0 Å². The number of thiazole rings is 1. The molecular weight excluding hydrogens is 346 g/mol. The molecule has 0 bridgehead atoms. The molecule has 1 aromatic carbocycles. The second kappa shape index (κ2) is 7.17. The van der Waals surface area contributed by atoms with Gasteiger partial charge in [0.1, 0.15) is 0 Å². The number of rotatable bonds is 5. The normalized spacial score (nSPS) is 11.5. The summed E-state index contributed by atoms with van der Waals surface area (Å²) in [6, 6.07) is 4.25. The highest BCUT2D eigenvalue weighted by Gasteiger charge is 2.25. The van der Waals surface area contributed by atoms with Gasteiger partial charge in [-0.3, -0.25) is 14.4 Å². The number of hydrogen-bond acceptors (Lipinski definition) is 5. The first-order chi connectivity index (χ1) is 12.3. The molecule has 0 atom stereocenters. The van der Waals surface area contributed by atoms with E-state index in [0.29, 0.717) is 12.2 Å². The number of aryl methyl sites for hydroxylation is 4. The summed E-state index contributed by atoms with van der Waals surface area (Å²) in [4.78, 5) is 21.8. The van der Waals surface area contributed by atoms with Crippen LogP contribution in [0.4, 0.5) is 5.13 Å². The number of amides is 1. The predicted molar refractivity (Wildman–Crippen MR) is 107 cm³/mol. The molecule has 2 heterocycles. The summed E-state index contributed by atoms with van der Waals surface area (Å²) in [7, 11) is 5.83. The minimum atomic E-state index is -0.0987. The van der Waals surface area contributed by atoms with Crippen molar-refractivity contribution in [3.63, 3.8) is 0 Å². The summed E-state index contributed by atoms with van der Waals surface area (Å²) in [5, 5.41) is 5.09. The van der Waals surface area contributed by atoms with E-state index in [9.17, 15) is 4.79 Å². The molecule has 3 rings (SSSR count). The number of carbonyl (C=O) groups is 1. The van der Waals surface area contributed by atoms with Crippen molar-refractivity contribution in [3.05, 3.63) is 40.7 Å². The lowest BCUT2D eigenvalue weighted by Gasteiger charge is -2.21. The highest BCUT2D eigenvalue weighted by molar-refractivity contribution is 7.22. The van der Waals surface area contributed by atoms with E-state index in [1.807, 2.05) is 34.3 Å². The van der Waals surface area contributed by atoms with E-state index in [-0.39, 0.29) is 5.91 Å². The maximum absolute atomic E-state index is 13.2. The number of carbonyl (C=O) groups excluding carboxylic acids is 1. The van der Waals surface area contributed by atoms with E-state index in [0.717, 1.165) is 33.0 Å². The Hall–Kier alpha value is -2.25. The van der Waals surface area contributed by atoms with Gasteiger partial charge >= 0.3 is 0 Å². The Balaban J connectivity index is 2.04. The molecule has 7 heteroatoms. The van der Waals surface area contributed by atoms with Crippen molar-refractivity contribution in [3.8, 4) is 0 Å². The van der Waals surface area contributed by atoms with Gasteiger partial charge in [-0.15, -0.1) is 0 Å². The van der Waals surface area contributed by atoms with E-state index < -0.39 is 0 Å². The third-order valence-corrected chi connectivity index (χ3v) is 5.31. The summed E-state index contributed by atoms with van der Waals surface area (Å²) in [5.41, 5.74) is 4.67. The van der Waals surface area contributed by atoms with Crippen molar-refractivity contribution < 1.29 is 4.79 Å². The Morgan fingerprint density at radius 2 is 1.88 bits per heavy atom. The van der Waals surface area contributed by atoms with Crippen LogP contribution in [0.1, 0.15) is 27.2 Å². The number of aromatic nitrogens is 3. The van der Waals surface area contributed by atoms with Crippen LogP contribution in [-0.4, -0.2) is 52.8 Å². The molecule has 6 nitrogen and oxygen atoms in total. The molecule has 26 heavy (non-hydrogen) atoms. The second-order valence-corrected chi connectivity index (χ2v) is 8.03. The number of anilines is 1. The fraction of sp³-hybridized carbons (Fsp3) is 0.421. The van der Waals surface area contributed by atoms with Crippen LogP contribution in [0.25, 0.3) is 10.2 Å². The number of likely N-dealkylation sites (N-methyl/N-ethyl adjacent to an activating group) is 1. The molecule has 0 spiro atoms. The lowest BCUT2D eigenvalue weighted by Crippen LogP contribution is -2.37. The van der Waals surface area contributed by atoms with Gasteiger partial charge in [-0.1, -0.05) is 17.4 Å². The Morgan fingerprint density at radius 3 is 2.50 bits per heavy atom. The lowest BCUT2D eigenvalue weighted by molar-refractivity contribution is 0.0979. The fourth-order valence-corrected chi connectivity index (χ4v) is 4.17. The van der Waals surface area contributed by atoms with Crippen molar-refractivity contribution >= 4 is 32.6 Å². The van der Waals surface area contributed by atoms with Crippen LogP contribution in [-0.2, 0) is 7.05 Å². The quantitative estimate of drug-likeness (QED) is 0.691. The van der Waals surface area contributed by atoms with E-state index in [1.165, 1.54) is 5.56 Å². The minimum Gasteiger partial charge on any atom is -0.308 e. The Morgan fingerprint density at radius 1 is 1.15 bits per heavy atom. The summed E-state index contributed by atoms with van der Waals surface area (Å²) < 4.78 is 2.79. The second-order valence-electron chi connectivity index (χ2n) is 7.02. The van der Waals surface area contributed by atoms with Crippen molar-refractivity contribution in [1.82, 2.24) is 19.7 Å².